The number of benzene rings is 2. The Hall–Kier alpha value is -2.00. The molecule has 0 amide bonds. The molecule has 3 heteroatoms. The van der Waals surface area contributed by atoms with Crippen LogP contribution < -0.4 is 14.8 Å². The lowest BCUT2D eigenvalue weighted by Crippen LogP contribution is -2.23. The van der Waals surface area contributed by atoms with Crippen molar-refractivity contribution in [2.75, 3.05) is 20.8 Å². The molecule has 0 saturated heterocycles. The molecule has 0 radical (unpaired) electrons. The van der Waals surface area contributed by atoms with Crippen LogP contribution in [0.5, 0.6) is 11.5 Å². The highest BCUT2D eigenvalue weighted by Crippen LogP contribution is 2.35. The number of rotatable bonds is 7. The van der Waals surface area contributed by atoms with Gasteiger partial charge < -0.3 is 14.8 Å². The molecule has 21 heavy (non-hydrogen) atoms. The SMILES string of the molecule is CCNC(Cc1ccccc1)c1cccc(OC)c1OC. The number of ether oxygens (including phenoxy) is 2. The van der Waals surface area contributed by atoms with Crippen LogP contribution in [0.1, 0.15) is 24.1 Å². The summed E-state index contributed by atoms with van der Waals surface area (Å²) < 4.78 is 11.0. The molecule has 112 valence electrons. The molecular formula is C18H23NO2. The van der Waals surface area contributed by atoms with E-state index in [4.69, 9.17) is 9.47 Å². The maximum Gasteiger partial charge on any atom is 0.165 e. The third-order valence-corrected chi connectivity index (χ3v) is 3.54. The van der Waals surface area contributed by atoms with Gasteiger partial charge in [0.15, 0.2) is 11.5 Å². The van der Waals surface area contributed by atoms with E-state index < -0.39 is 0 Å². The topological polar surface area (TPSA) is 30.5 Å². The first kappa shape index (κ1) is 15.4. The van der Waals surface area contributed by atoms with Gasteiger partial charge in [0.1, 0.15) is 0 Å². The number of hydrogen-bond acceptors (Lipinski definition) is 3. The van der Waals surface area contributed by atoms with E-state index in [1.807, 2.05) is 18.2 Å². The van der Waals surface area contributed by atoms with Gasteiger partial charge in [-0.1, -0.05) is 49.4 Å². The van der Waals surface area contributed by atoms with Crippen molar-refractivity contribution in [3.05, 3.63) is 59.7 Å². The summed E-state index contributed by atoms with van der Waals surface area (Å²) in [5.74, 6) is 1.58. The van der Waals surface area contributed by atoms with Gasteiger partial charge in [-0.25, -0.2) is 0 Å². The van der Waals surface area contributed by atoms with Crippen LogP contribution in [0.25, 0.3) is 0 Å². The Bertz CT molecular complexity index is 554. The van der Waals surface area contributed by atoms with Gasteiger partial charge in [0.05, 0.1) is 14.2 Å². The third kappa shape index (κ3) is 3.76. The summed E-state index contributed by atoms with van der Waals surface area (Å²) in [5, 5.41) is 3.54. The molecule has 2 rings (SSSR count). The lowest BCUT2D eigenvalue weighted by atomic mass is 9.97. The van der Waals surface area contributed by atoms with Crippen molar-refractivity contribution in [2.24, 2.45) is 0 Å². The Morgan fingerprint density at radius 2 is 1.71 bits per heavy atom. The molecule has 2 aromatic rings. The fourth-order valence-corrected chi connectivity index (χ4v) is 2.57. The van der Waals surface area contributed by atoms with Crippen molar-refractivity contribution in [3.8, 4) is 11.5 Å². The maximum atomic E-state index is 5.57. The Balaban J connectivity index is 2.34. The highest BCUT2D eigenvalue weighted by Gasteiger charge is 2.18. The van der Waals surface area contributed by atoms with Crippen molar-refractivity contribution in [1.82, 2.24) is 5.32 Å². The number of para-hydroxylation sites is 1. The first-order chi connectivity index (χ1) is 10.3. The first-order valence-electron chi connectivity index (χ1n) is 7.28. The molecule has 0 spiro atoms. The molecule has 0 aliphatic carbocycles. The van der Waals surface area contributed by atoms with E-state index in [0.29, 0.717) is 0 Å². The van der Waals surface area contributed by atoms with Gasteiger partial charge in [0.2, 0.25) is 0 Å². The minimum absolute atomic E-state index is 0.197. The molecule has 0 aliphatic rings. The second kappa shape index (κ2) is 7.70. The molecule has 1 atom stereocenters. The van der Waals surface area contributed by atoms with Gasteiger partial charge in [-0.05, 0) is 24.6 Å². The summed E-state index contributed by atoms with van der Waals surface area (Å²) in [4.78, 5) is 0. The van der Waals surface area contributed by atoms with Crippen molar-refractivity contribution in [3.63, 3.8) is 0 Å². The van der Waals surface area contributed by atoms with E-state index >= 15 is 0 Å². The standard InChI is InChI=1S/C18H23NO2/c1-4-19-16(13-14-9-6-5-7-10-14)15-11-8-12-17(20-2)18(15)21-3/h5-12,16,19H,4,13H2,1-3H3. The van der Waals surface area contributed by atoms with Crippen LogP contribution in [-0.2, 0) is 6.42 Å². The Labute approximate surface area is 126 Å². The largest absolute Gasteiger partial charge is 0.493 e. The Morgan fingerprint density at radius 1 is 0.952 bits per heavy atom. The monoisotopic (exact) mass is 285 g/mol. The second-order valence-corrected chi connectivity index (χ2v) is 4.88. The molecule has 0 fully saturated rings. The van der Waals surface area contributed by atoms with E-state index in [1.165, 1.54) is 5.56 Å². The van der Waals surface area contributed by atoms with E-state index in [9.17, 15) is 0 Å². The fraction of sp³-hybridized carbons (Fsp3) is 0.333. The number of hydrogen-bond donors (Lipinski definition) is 1. The van der Waals surface area contributed by atoms with Gasteiger partial charge in [0, 0.05) is 11.6 Å². The lowest BCUT2D eigenvalue weighted by molar-refractivity contribution is 0.346. The van der Waals surface area contributed by atoms with Crippen LogP contribution >= 0.6 is 0 Å². The minimum Gasteiger partial charge on any atom is -0.493 e. The molecule has 1 unspecified atom stereocenters. The van der Waals surface area contributed by atoms with Crippen molar-refractivity contribution in [1.29, 1.82) is 0 Å². The highest BCUT2D eigenvalue weighted by atomic mass is 16.5. The molecule has 0 bridgehead atoms. The number of likely N-dealkylation sites (N-methyl/N-ethyl adjacent to an activating group) is 1. The summed E-state index contributed by atoms with van der Waals surface area (Å²) in [6.45, 7) is 3.02. The van der Waals surface area contributed by atoms with Gasteiger partial charge in [-0.15, -0.1) is 0 Å². The van der Waals surface area contributed by atoms with Gasteiger partial charge in [0.25, 0.3) is 0 Å². The molecule has 0 aromatic heterocycles. The maximum absolute atomic E-state index is 5.57. The van der Waals surface area contributed by atoms with Gasteiger partial charge >= 0.3 is 0 Å². The fourth-order valence-electron chi connectivity index (χ4n) is 2.57. The predicted molar refractivity (Wildman–Crippen MR) is 86.1 cm³/mol. The smallest absolute Gasteiger partial charge is 0.165 e. The van der Waals surface area contributed by atoms with E-state index in [1.54, 1.807) is 14.2 Å². The quantitative estimate of drug-likeness (QED) is 0.843. The Morgan fingerprint density at radius 3 is 2.33 bits per heavy atom. The summed E-state index contributed by atoms with van der Waals surface area (Å²) in [5.41, 5.74) is 2.43. The zero-order valence-electron chi connectivity index (χ0n) is 12.9. The molecule has 2 aromatic carbocycles. The lowest BCUT2D eigenvalue weighted by Gasteiger charge is -2.22. The zero-order valence-corrected chi connectivity index (χ0v) is 12.9. The van der Waals surface area contributed by atoms with Crippen molar-refractivity contribution >= 4 is 0 Å². The highest BCUT2D eigenvalue weighted by molar-refractivity contribution is 5.48. The molecule has 0 heterocycles. The summed E-state index contributed by atoms with van der Waals surface area (Å²) in [7, 11) is 3.36. The van der Waals surface area contributed by atoms with Gasteiger partial charge in [-0.2, -0.15) is 0 Å². The van der Waals surface area contributed by atoms with Crippen molar-refractivity contribution < 1.29 is 9.47 Å². The number of nitrogens with one attached hydrogen (secondary N) is 1. The molecule has 0 aliphatic heterocycles. The number of methoxy groups -OCH3 is 2. The summed E-state index contributed by atoms with van der Waals surface area (Å²) >= 11 is 0. The van der Waals surface area contributed by atoms with E-state index in [-0.39, 0.29) is 6.04 Å². The van der Waals surface area contributed by atoms with Crippen molar-refractivity contribution in [2.45, 2.75) is 19.4 Å². The van der Waals surface area contributed by atoms with Crippen LogP contribution in [0.4, 0.5) is 0 Å². The van der Waals surface area contributed by atoms with Crippen LogP contribution in [0.15, 0.2) is 48.5 Å². The predicted octanol–water partition coefficient (Wildman–Crippen LogP) is 3.60. The van der Waals surface area contributed by atoms with Crippen LogP contribution in [-0.4, -0.2) is 20.8 Å². The molecule has 1 N–H and O–H groups in total. The summed E-state index contributed by atoms with van der Waals surface area (Å²) in [6.07, 6.45) is 0.915. The normalized spacial score (nSPS) is 12.0. The third-order valence-electron chi connectivity index (χ3n) is 3.54. The first-order valence-corrected chi connectivity index (χ1v) is 7.28. The zero-order chi connectivity index (χ0) is 15.1. The van der Waals surface area contributed by atoms with Crippen LogP contribution in [0.2, 0.25) is 0 Å². The Kier molecular flexibility index (Phi) is 5.64. The van der Waals surface area contributed by atoms with Gasteiger partial charge in [-0.3, -0.25) is 0 Å². The molecule has 3 nitrogen and oxygen atoms in total. The molecule has 0 saturated carbocycles. The molecular weight excluding hydrogens is 262 g/mol. The average molecular weight is 285 g/mol. The van der Waals surface area contributed by atoms with E-state index in [2.05, 4.69) is 42.6 Å². The minimum atomic E-state index is 0.197. The van der Waals surface area contributed by atoms with Crippen LogP contribution in [0.3, 0.4) is 0 Å². The summed E-state index contributed by atoms with van der Waals surface area (Å²) in [6, 6.07) is 16.7. The average Bonchev–Trinajstić information content (AvgIpc) is 2.54. The second-order valence-electron chi connectivity index (χ2n) is 4.88. The van der Waals surface area contributed by atoms with E-state index in [0.717, 1.165) is 30.0 Å². The van der Waals surface area contributed by atoms with Crippen LogP contribution in [0, 0.1) is 0 Å².